The Bertz CT molecular complexity index is 1240. The van der Waals surface area contributed by atoms with E-state index in [0.29, 0.717) is 23.7 Å². The molecule has 1 amide bonds. The lowest BCUT2D eigenvalue weighted by molar-refractivity contribution is 0.0596. The molecule has 3 rings (SSSR count). The molecule has 1 N–H and O–H groups in total. The minimum absolute atomic E-state index is 0.197. The van der Waals surface area contributed by atoms with Gasteiger partial charge in [0, 0.05) is 25.0 Å². The minimum Gasteiger partial charge on any atom is -0.496 e. The highest BCUT2D eigenvalue weighted by molar-refractivity contribution is 5.94. The van der Waals surface area contributed by atoms with Gasteiger partial charge in [0.05, 0.1) is 26.0 Å². The van der Waals surface area contributed by atoms with Crippen LogP contribution >= 0.6 is 0 Å². The van der Waals surface area contributed by atoms with Gasteiger partial charge in [0.25, 0.3) is 5.91 Å². The predicted octanol–water partition coefficient (Wildman–Crippen LogP) is 4.14. The Morgan fingerprint density at radius 1 is 1.15 bits per heavy atom. The highest BCUT2D eigenvalue weighted by atomic mass is 16.5. The first-order valence-corrected chi connectivity index (χ1v) is 10.5. The number of methoxy groups -OCH3 is 2. The van der Waals surface area contributed by atoms with Crippen molar-refractivity contribution < 1.29 is 19.1 Å². The van der Waals surface area contributed by atoms with E-state index in [0.717, 1.165) is 16.7 Å². The van der Waals surface area contributed by atoms with Gasteiger partial charge in [-0.05, 0) is 23.6 Å². The highest BCUT2D eigenvalue weighted by Gasteiger charge is 2.16. The van der Waals surface area contributed by atoms with E-state index >= 15 is 0 Å². The molecular weight excluding hydrogens is 432 g/mol. The Hall–Kier alpha value is -4.46. The van der Waals surface area contributed by atoms with E-state index in [1.807, 2.05) is 49.4 Å². The van der Waals surface area contributed by atoms with Crippen molar-refractivity contribution in [2.24, 2.45) is 0 Å². The zero-order valence-electron chi connectivity index (χ0n) is 19.3. The zero-order chi connectivity index (χ0) is 24.5. The molecular formula is C26H26N4O4. The van der Waals surface area contributed by atoms with Crippen molar-refractivity contribution in [2.45, 2.75) is 13.5 Å². The third-order valence-corrected chi connectivity index (χ3v) is 4.94. The van der Waals surface area contributed by atoms with E-state index in [9.17, 15) is 9.59 Å². The van der Waals surface area contributed by atoms with E-state index < -0.39 is 5.97 Å². The number of benzene rings is 1. The summed E-state index contributed by atoms with van der Waals surface area (Å²) in [5, 5.41) is 7.09. The van der Waals surface area contributed by atoms with E-state index in [4.69, 9.17) is 9.47 Å². The second-order valence-electron chi connectivity index (χ2n) is 7.15. The van der Waals surface area contributed by atoms with Gasteiger partial charge in [-0.15, -0.1) is 0 Å². The topological polar surface area (TPSA) is 95.3 Å². The lowest BCUT2D eigenvalue weighted by atomic mass is 10.0. The lowest BCUT2D eigenvalue weighted by Gasteiger charge is -2.08. The number of hydrogen-bond acceptors (Lipinski definition) is 6. The molecule has 174 valence electrons. The van der Waals surface area contributed by atoms with Crippen LogP contribution in [0.15, 0.2) is 79.8 Å². The van der Waals surface area contributed by atoms with Crippen molar-refractivity contribution >= 4 is 17.4 Å². The molecule has 0 spiro atoms. The molecule has 0 unspecified atom stereocenters. The molecule has 34 heavy (non-hydrogen) atoms. The smallest absolute Gasteiger partial charge is 0.343 e. The van der Waals surface area contributed by atoms with Gasteiger partial charge in [-0.2, -0.15) is 5.10 Å². The number of pyridine rings is 1. The average Bonchev–Trinajstić information content (AvgIpc) is 3.37. The molecule has 0 saturated heterocycles. The Morgan fingerprint density at radius 2 is 1.91 bits per heavy atom. The van der Waals surface area contributed by atoms with E-state index in [1.54, 1.807) is 18.3 Å². The van der Waals surface area contributed by atoms with E-state index in [2.05, 4.69) is 22.0 Å². The van der Waals surface area contributed by atoms with Gasteiger partial charge in [-0.1, -0.05) is 55.1 Å². The van der Waals surface area contributed by atoms with Gasteiger partial charge < -0.3 is 14.8 Å². The number of nitrogens with one attached hydrogen (secondary N) is 1. The number of allylic oxidation sites excluding steroid dienone is 5. The van der Waals surface area contributed by atoms with Gasteiger partial charge in [0.2, 0.25) is 0 Å². The molecule has 8 heteroatoms. The number of amides is 1. The number of nitrogens with zero attached hydrogens (tertiary/aromatic N) is 3. The lowest BCUT2D eigenvalue weighted by Crippen LogP contribution is -2.22. The first-order valence-electron chi connectivity index (χ1n) is 10.5. The van der Waals surface area contributed by atoms with Gasteiger partial charge in [-0.3, -0.25) is 4.79 Å². The molecule has 0 aliphatic rings. The van der Waals surface area contributed by atoms with Crippen LogP contribution in [0.4, 0.5) is 0 Å². The van der Waals surface area contributed by atoms with Crippen molar-refractivity contribution in [3.8, 4) is 11.6 Å². The Balaban J connectivity index is 1.68. The summed E-state index contributed by atoms with van der Waals surface area (Å²) in [4.78, 5) is 28.6. The van der Waals surface area contributed by atoms with Crippen molar-refractivity contribution in [1.29, 1.82) is 0 Å². The fourth-order valence-corrected chi connectivity index (χ4v) is 3.20. The quantitative estimate of drug-likeness (QED) is 0.383. The summed E-state index contributed by atoms with van der Waals surface area (Å²) in [5.74, 6) is -0.139. The van der Waals surface area contributed by atoms with Crippen molar-refractivity contribution in [3.63, 3.8) is 0 Å². The second-order valence-corrected chi connectivity index (χ2v) is 7.15. The minimum atomic E-state index is -0.556. The first kappa shape index (κ1) is 24.2. The van der Waals surface area contributed by atoms with Gasteiger partial charge in [0.1, 0.15) is 11.3 Å². The summed E-state index contributed by atoms with van der Waals surface area (Å²) in [6.45, 7) is 6.09. The maximum absolute atomic E-state index is 12.6. The largest absolute Gasteiger partial charge is 0.496 e. The Kier molecular flexibility index (Phi) is 8.12. The van der Waals surface area contributed by atoms with E-state index in [-0.39, 0.29) is 11.5 Å². The fraction of sp³-hybridized carbons (Fsp3) is 0.154. The third kappa shape index (κ3) is 5.66. The van der Waals surface area contributed by atoms with Crippen LogP contribution in [0.5, 0.6) is 5.75 Å². The zero-order valence-corrected chi connectivity index (χ0v) is 19.3. The van der Waals surface area contributed by atoms with Crippen LogP contribution < -0.4 is 10.1 Å². The molecule has 0 aliphatic heterocycles. The number of carbonyl (C=O) groups excluding carboxylic acids is 2. The molecule has 0 saturated carbocycles. The predicted molar refractivity (Wildman–Crippen MR) is 130 cm³/mol. The number of aromatic nitrogens is 3. The molecule has 1 aromatic carbocycles. The van der Waals surface area contributed by atoms with Crippen LogP contribution in [-0.4, -0.2) is 40.9 Å². The summed E-state index contributed by atoms with van der Waals surface area (Å²) in [6.07, 6.45) is 12.0. The SMILES string of the molecule is C=C/C=C(\C=C/C)c1ccc(CNC(=O)c2cnn(-c3cc(OC)c(C(=O)OC)cn3)c2)cc1. The monoisotopic (exact) mass is 458 g/mol. The molecule has 0 radical (unpaired) electrons. The van der Waals surface area contributed by atoms with Gasteiger partial charge in [-0.25, -0.2) is 14.5 Å². The van der Waals surface area contributed by atoms with Gasteiger partial charge >= 0.3 is 5.97 Å². The van der Waals surface area contributed by atoms with Crippen molar-refractivity contribution in [3.05, 3.63) is 102 Å². The molecule has 0 fully saturated rings. The summed E-state index contributed by atoms with van der Waals surface area (Å²) in [6, 6.07) is 9.50. The van der Waals surface area contributed by atoms with Crippen molar-refractivity contribution in [2.75, 3.05) is 14.2 Å². The summed E-state index contributed by atoms with van der Waals surface area (Å²) in [5.41, 5.74) is 3.66. The maximum Gasteiger partial charge on any atom is 0.343 e. The third-order valence-electron chi connectivity index (χ3n) is 4.94. The standard InChI is InChI=1S/C26H26N4O4/c1-5-7-19(8-6-2)20-11-9-18(10-12-20)14-28-25(31)21-15-29-30(17-21)24-13-23(33-3)22(16-27-24)26(32)34-4/h5-13,15-17H,1,14H2,2-4H3,(H,28,31)/b8-6-,19-7+. The van der Waals surface area contributed by atoms with E-state index in [1.165, 1.54) is 31.3 Å². The Morgan fingerprint density at radius 3 is 2.56 bits per heavy atom. The molecule has 8 nitrogen and oxygen atoms in total. The van der Waals surface area contributed by atoms with Crippen LogP contribution in [-0.2, 0) is 11.3 Å². The van der Waals surface area contributed by atoms with Crippen molar-refractivity contribution in [1.82, 2.24) is 20.1 Å². The first-order chi connectivity index (χ1) is 16.5. The number of rotatable bonds is 9. The molecule has 0 aliphatic carbocycles. The molecule has 3 aromatic rings. The normalized spacial score (nSPS) is 11.3. The number of ether oxygens (including phenoxy) is 2. The van der Waals surface area contributed by atoms with Crippen LogP contribution in [0.3, 0.4) is 0 Å². The summed E-state index contributed by atoms with van der Waals surface area (Å²) >= 11 is 0. The summed E-state index contributed by atoms with van der Waals surface area (Å²) < 4.78 is 11.4. The molecule has 0 atom stereocenters. The number of esters is 1. The van der Waals surface area contributed by atoms with Gasteiger partial charge in [0.15, 0.2) is 5.82 Å². The molecule has 2 heterocycles. The molecule has 2 aromatic heterocycles. The fourth-order valence-electron chi connectivity index (χ4n) is 3.20. The average molecular weight is 459 g/mol. The number of hydrogen-bond donors (Lipinski definition) is 1. The summed E-state index contributed by atoms with van der Waals surface area (Å²) in [7, 11) is 2.72. The maximum atomic E-state index is 12.6. The number of carbonyl (C=O) groups is 2. The van der Waals surface area contributed by atoms with Crippen LogP contribution in [0.2, 0.25) is 0 Å². The van der Waals surface area contributed by atoms with Crippen LogP contribution in [0, 0.1) is 0 Å². The second kappa shape index (κ2) is 11.4. The Labute approximate surface area is 198 Å². The van der Waals surface area contributed by atoms with Crippen LogP contribution in [0.25, 0.3) is 11.4 Å². The molecule has 0 bridgehead atoms. The highest BCUT2D eigenvalue weighted by Crippen LogP contribution is 2.21. The van der Waals surface area contributed by atoms with Crippen LogP contribution in [0.1, 0.15) is 38.8 Å².